The maximum atomic E-state index is 12.0. The van der Waals surface area contributed by atoms with Crippen LogP contribution >= 0.6 is 0 Å². The number of pyridine rings is 1. The van der Waals surface area contributed by atoms with Crippen molar-refractivity contribution >= 4 is 17.6 Å². The second-order valence-corrected chi connectivity index (χ2v) is 9.75. The summed E-state index contributed by atoms with van der Waals surface area (Å²) in [4.78, 5) is 29.3. The summed E-state index contributed by atoms with van der Waals surface area (Å²) >= 11 is 0. The second kappa shape index (κ2) is 14.0. The van der Waals surface area contributed by atoms with Crippen molar-refractivity contribution < 1.29 is 29.3 Å². The summed E-state index contributed by atoms with van der Waals surface area (Å²) in [5.74, 6) is -1.36. The van der Waals surface area contributed by atoms with E-state index in [1.807, 2.05) is 54.6 Å². The molecule has 0 bridgehead atoms. The minimum atomic E-state index is -1.01. The number of amides is 1. The minimum Gasteiger partial charge on any atom is -0.481 e. The number of nitrogens with zero attached hydrogens (tertiary/aromatic N) is 2. The number of carbonyl (C=O) groups excluding carboxylic acids is 1. The number of carbonyl (C=O) groups is 2. The summed E-state index contributed by atoms with van der Waals surface area (Å²) in [6.45, 7) is 1.55. The van der Waals surface area contributed by atoms with Gasteiger partial charge in [-0.1, -0.05) is 42.5 Å². The number of likely N-dealkylation sites (N-methyl/N-ethyl adjacent to an activating group) is 1. The molecule has 3 atom stereocenters. The van der Waals surface area contributed by atoms with Gasteiger partial charge in [-0.25, -0.2) is 0 Å². The lowest BCUT2D eigenvalue weighted by atomic mass is 9.99. The fraction of sp³-hybridized carbons (Fsp3) is 0.367. The molecule has 0 aliphatic carbocycles. The number of nitrogens with one attached hydrogen (secondary N) is 1. The van der Waals surface area contributed by atoms with Crippen LogP contribution in [-0.4, -0.2) is 58.2 Å². The number of aliphatic carboxylic acids is 1. The van der Waals surface area contributed by atoms with Crippen molar-refractivity contribution in [3.63, 3.8) is 0 Å². The first-order chi connectivity index (χ1) is 18.9. The molecule has 1 saturated heterocycles. The number of carboxylic acid groups (broad SMARTS) is 1. The quantitative estimate of drug-likeness (QED) is 0.318. The highest BCUT2D eigenvalue weighted by Crippen LogP contribution is 2.38. The van der Waals surface area contributed by atoms with Crippen LogP contribution in [0.3, 0.4) is 0 Å². The van der Waals surface area contributed by atoms with Gasteiger partial charge >= 0.3 is 5.97 Å². The van der Waals surface area contributed by atoms with Gasteiger partial charge in [-0.05, 0) is 42.4 Å². The molecular formula is C30H35N3O6. The topological polar surface area (TPSA) is 121 Å². The van der Waals surface area contributed by atoms with Gasteiger partial charge in [0.2, 0.25) is 5.91 Å². The van der Waals surface area contributed by atoms with Crippen LogP contribution in [-0.2, 0) is 32.1 Å². The third-order valence-electron chi connectivity index (χ3n) is 6.64. The highest BCUT2D eigenvalue weighted by molar-refractivity contribution is 5.92. The van der Waals surface area contributed by atoms with Gasteiger partial charge in [0, 0.05) is 55.5 Å². The Bertz CT molecular complexity index is 1200. The molecule has 1 aliphatic rings. The van der Waals surface area contributed by atoms with Gasteiger partial charge in [0.15, 0.2) is 6.29 Å². The molecule has 1 aromatic heterocycles. The number of aliphatic hydroxyl groups is 1. The van der Waals surface area contributed by atoms with E-state index in [1.165, 1.54) is 0 Å². The van der Waals surface area contributed by atoms with Gasteiger partial charge in [-0.3, -0.25) is 14.6 Å². The third kappa shape index (κ3) is 8.69. The predicted molar refractivity (Wildman–Crippen MR) is 146 cm³/mol. The molecule has 4 rings (SSSR count). The molecule has 1 aliphatic heterocycles. The van der Waals surface area contributed by atoms with Crippen LogP contribution in [0.25, 0.3) is 0 Å². The molecule has 3 aromatic rings. The van der Waals surface area contributed by atoms with Crippen LogP contribution in [0.1, 0.15) is 54.0 Å². The number of aliphatic hydroxyl groups excluding tert-OH is 1. The van der Waals surface area contributed by atoms with Crippen molar-refractivity contribution in [2.75, 3.05) is 25.5 Å². The fourth-order valence-corrected chi connectivity index (χ4v) is 4.49. The molecule has 0 radical (unpaired) electrons. The van der Waals surface area contributed by atoms with Gasteiger partial charge in [-0.15, -0.1) is 0 Å². The first-order valence-corrected chi connectivity index (χ1v) is 13.1. The Morgan fingerprint density at radius 3 is 2.41 bits per heavy atom. The summed E-state index contributed by atoms with van der Waals surface area (Å²) in [5, 5.41) is 20.9. The van der Waals surface area contributed by atoms with Gasteiger partial charge in [0.25, 0.3) is 0 Å². The van der Waals surface area contributed by atoms with E-state index in [0.717, 1.165) is 41.9 Å². The molecule has 9 heteroatoms. The van der Waals surface area contributed by atoms with Gasteiger partial charge in [-0.2, -0.15) is 0 Å². The van der Waals surface area contributed by atoms with E-state index in [9.17, 15) is 14.7 Å². The summed E-state index contributed by atoms with van der Waals surface area (Å²) in [7, 11) is 2.07. The minimum absolute atomic E-state index is 0.0135. The van der Waals surface area contributed by atoms with Crippen molar-refractivity contribution in [3.8, 4) is 0 Å². The van der Waals surface area contributed by atoms with Gasteiger partial charge in [0.05, 0.1) is 25.2 Å². The lowest BCUT2D eigenvalue weighted by Gasteiger charge is -2.38. The number of benzene rings is 2. The predicted octanol–water partition coefficient (Wildman–Crippen LogP) is 4.10. The largest absolute Gasteiger partial charge is 0.481 e. The molecular weight excluding hydrogens is 498 g/mol. The van der Waals surface area contributed by atoms with Crippen LogP contribution in [0.4, 0.5) is 5.69 Å². The normalized spacial score (nSPS) is 19.1. The molecule has 3 unspecified atom stereocenters. The Labute approximate surface area is 228 Å². The maximum Gasteiger partial charge on any atom is 0.303 e. The number of anilines is 1. The Hall–Kier alpha value is -3.63. The molecule has 2 aromatic carbocycles. The van der Waals surface area contributed by atoms with Crippen molar-refractivity contribution in [1.82, 2.24) is 9.88 Å². The number of hydrogen-bond donors (Lipinski definition) is 3. The Morgan fingerprint density at radius 2 is 1.74 bits per heavy atom. The van der Waals surface area contributed by atoms with Crippen molar-refractivity contribution in [3.05, 3.63) is 95.3 Å². The van der Waals surface area contributed by atoms with E-state index in [1.54, 1.807) is 18.3 Å². The molecule has 0 spiro atoms. The standard InChI is InChI=1S/C30H35N3O6/c1-33(17-15-24-4-2-3-16-31-24)19-26-18-27(22-7-5-21(20-34)6-8-22)39-30(38-26)23-9-11-25(12-10-23)32-28(35)13-14-29(36)37/h2-12,16,26-27,30,34H,13-15,17-20H2,1H3,(H,32,35)(H,36,37). The van der Waals surface area contributed by atoms with Crippen molar-refractivity contribution in [1.29, 1.82) is 0 Å². The smallest absolute Gasteiger partial charge is 0.303 e. The van der Waals surface area contributed by atoms with Crippen LogP contribution in [0.5, 0.6) is 0 Å². The summed E-state index contributed by atoms with van der Waals surface area (Å²) in [6, 6.07) is 20.9. The molecule has 3 N–H and O–H groups in total. The number of aromatic nitrogens is 1. The lowest BCUT2D eigenvalue weighted by Crippen LogP contribution is -2.38. The van der Waals surface area contributed by atoms with Crippen LogP contribution < -0.4 is 5.32 Å². The molecule has 2 heterocycles. The molecule has 39 heavy (non-hydrogen) atoms. The number of carboxylic acids is 1. The highest BCUT2D eigenvalue weighted by Gasteiger charge is 2.32. The fourth-order valence-electron chi connectivity index (χ4n) is 4.49. The number of hydrogen-bond acceptors (Lipinski definition) is 7. The van der Waals surface area contributed by atoms with Crippen LogP contribution in [0.2, 0.25) is 0 Å². The van der Waals surface area contributed by atoms with E-state index < -0.39 is 12.3 Å². The highest BCUT2D eigenvalue weighted by atomic mass is 16.7. The maximum absolute atomic E-state index is 12.0. The SMILES string of the molecule is CN(CCc1ccccn1)CC1CC(c2ccc(CO)cc2)OC(c2ccc(NC(=O)CCC(=O)O)cc2)O1. The van der Waals surface area contributed by atoms with E-state index >= 15 is 0 Å². The Kier molecular flexibility index (Phi) is 10.2. The molecule has 0 saturated carbocycles. The summed E-state index contributed by atoms with van der Waals surface area (Å²) in [5.41, 5.74) is 4.30. The molecule has 206 valence electrons. The van der Waals surface area contributed by atoms with E-state index in [0.29, 0.717) is 12.1 Å². The number of ether oxygens (including phenoxy) is 2. The zero-order valence-electron chi connectivity index (χ0n) is 22.0. The van der Waals surface area contributed by atoms with E-state index in [-0.39, 0.29) is 37.6 Å². The zero-order chi connectivity index (χ0) is 27.6. The number of rotatable bonds is 12. The van der Waals surface area contributed by atoms with E-state index in [4.69, 9.17) is 14.6 Å². The molecule has 1 amide bonds. The zero-order valence-corrected chi connectivity index (χ0v) is 22.0. The summed E-state index contributed by atoms with van der Waals surface area (Å²) < 4.78 is 12.8. The van der Waals surface area contributed by atoms with Gasteiger partial charge in [0.1, 0.15) is 0 Å². The van der Waals surface area contributed by atoms with Crippen molar-refractivity contribution in [2.45, 2.75) is 50.8 Å². The van der Waals surface area contributed by atoms with Crippen LogP contribution in [0, 0.1) is 0 Å². The first kappa shape index (κ1) is 28.4. The first-order valence-electron chi connectivity index (χ1n) is 13.1. The molecule has 1 fully saturated rings. The lowest BCUT2D eigenvalue weighted by molar-refractivity contribution is -0.252. The average Bonchev–Trinajstić information content (AvgIpc) is 2.96. The van der Waals surface area contributed by atoms with Gasteiger partial charge < -0.3 is 29.9 Å². The van der Waals surface area contributed by atoms with Crippen LogP contribution in [0.15, 0.2) is 72.9 Å². The summed E-state index contributed by atoms with van der Waals surface area (Å²) in [6.07, 6.45) is 2.14. The monoisotopic (exact) mass is 533 g/mol. The Morgan fingerprint density at radius 1 is 1.00 bits per heavy atom. The average molecular weight is 534 g/mol. The van der Waals surface area contributed by atoms with Crippen molar-refractivity contribution in [2.24, 2.45) is 0 Å². The Balaban J connectivity index is 1.43. The third-order valence-corrected chi connectivity index (χ3v) is 6.64. The van der Waals surface area contributed by atoms with E-state index in [2.05, 4.69) is 22.2 Å². The second-order valence-electron chi connectivity index (χ2n) is 9.75. The molecule has 9 nitrogen and oxygen atoms in total.